The molecule has 3 N–H and O–H groups in total. The molecular formula is C30H26FN5O3. The minimum Gasteiger partial charge on any atom is -0.495 e. The van der Waals surface area contributed by atoms with Crippen molar-refractivity contribution in [2.45, 2.75) is 19.3 Å². The highest BCUT2D eigenvalue weighted by Crippen LogP contribution is 2.28. The van der Waals surface area contributed by atoms with Crippen LogP contribution in [0.2, 0.25) is 0 Å². The first-order valence-corrected chi connectivity index (χ1v) is 12.3. The summed E-state index contributed by atoms with van der Waals surface area (Å²) in [4.78, 5) is 28.7. The van der Waals surface area contributed by atoms with Crippen molar-refractivity contribution in [2.24, 2.45) is 5.73 Å². The molecule has 0 spiro atoms. The minimum atomic E-state index is -0.544. The first-order valence-electron chi connectivity index (χ1n) is 12.3. The Morgan fingerprint density at radius 3 is 2.41 bits per heavy atom. The van der Waals surface area contributed by atoms with Gasteiger partial charge in [0.25, 0.3) is 0 Å². The van der Waals surface area contributed by atoms with Crippen LogP contribution >= 0.6 is 0 Å². The number of rotatable bonds is 9. The Hall–Kier alpha value is -5.05. The number of methoxy groups -OCH3 is 1. The van der Waals surface area contributed by atoms with Crippen molar-refractivity contribution in [1.29, 1.82) is 0 Å². The molecule has 0 aliphatic heterocycles. The number of nitrogens with two attached hydrogens (primary N) is 1. The van der Waals surface area contributed by atoms with E-state index >= 15 is 0 Å². The number of pyridine rings is 1. The number of anilines is 2. The number of nitrogens with zero attached hydrogens (tertiary/aromatic N) is 3. The van der Waals surface area contributed by atoms with Crippen molar-refractivity contribution < 1.29 is 18.7 Å². The predicted molar refractivity (Wildman–Crippen MR) is 147 cm³/mol. The van der Waals surface area contributed by atoms with E-state index in [-0.39, 0.29) is 17.5 Å². The largest absolute Gasteiger partial charge is 0.495 e. The van der Waals surface area contributed by atoms with Crippen molar-refractivity contribution in [3.63, 3.8) is 0 Å². The molecule has 0 aliphatic carbocycles. The lowest BCUT2D eigenvalue weighted by molar-refractivity contribution is -0.119. The van der Waals surface area contributed by atoms with Crippen molar-refractivity contribution in [2.75, 3.05) is 12.4 Å². The van der Waals surface area contributed by atoms with Gasteiger partial charge >= 0.3 is 0 Å². The maximum absolute atomic E-state index is 13.2. The zero-order valence-corrected chi connectivity index (χ0v) is 21.4. The number of carbonyl (C=O) groups is 2. The molecule has 0 fully saturated rings. The number of aromatic nitrogens is 3. The van der Waals surface area contributed by atoms with Crippen LogP contribution in [-0.4, -0.2) is 33.4 Å². The monoisotopic (exact) mass is 523 g/mol. The third-order valence-corrected chi connectivity index (χ3v) is 6.58. The first-order chi connectivity index (χ1) is 18.8. The summed E-state index contributed by atoms with van der Waals surface area (Å²) in [5, 5.41) is 7.63. The number of hydrogen-bond donors (Lipinski definition) is 2. The number of nitrogens with one attached hydrogen (secondary N) is 1. The summed E-state index contributed by atoms with van der Waals surface area (Å²) in [7, 11) is 1.50. The molecule has 196 valence electrons. The van der Waals surface area contributed by atoms with Crippen LogP contribution in [0.1, 0.15) is 34.3 Å². The van der Waals surface area contributed by atoms with Crippen LogP contribution in [0, 0.1) is 5.82 Å². The molecule has 39 heavy (non-hydrogen) atoms. The summed E-state index contributed by atoms with van der Waals surface area (Å²) in [5.74, 6) is -0.305. The van der Waals surface area contributed by atoms with Gasteiger partial charge in [-0.05, 0) is 59.2 Å². The molecule has 0 aliphatic rings. The van der Waals surface area contributed by atoms with Gasteiger partial charge in [0.2, 0.25) is 11.9 Å². The summed E-state index contributed by atoms with van der Waals surface area (Å²) in [6.07, 6.45) is 2.16. The number of amides is 1. The second-order valence-corrected chi connectivity index (χ2v) is 9.17. The number of ketones is 1. The lowest BCUT2D eigenvalue weighted by Gasteiger charge is -2.11. The van der Waals surface area contributed by atoms with Crippen LogP contribution in [0.15, 0.2) is 85.1 Å². The number of primary amides is 1. The molecule has 1 atom stereocenters. The van der Waals surface area contributed by atoms with Gasteiger partial charge in [0.1, 0.15) is 17.3 Å². The van der Waals surface area contributed by atoms with Gasteiger partial charge in [0.05, 0.1) is 12.8 Å². The highest BCUT2D eigenvalue weighted by molar-refractivity contribution is 5.94. The number of carbonyl (C=O) groups excluding carboxylic acids is 2. The van der Waals surface area contributed by atoms with Gasteiger partial charge in [-0.15, -0.1) is 5.10 Å². The van der Waals surface area contributed by atoms with Gasteiger partial charge in [-0.2, -0.15) is 4.98 Å². The predicted octanol–water partition coefficient (Wildman–Crippen LogP) is 5.30. The van der Waals surface area contributed by atoms with Crippen LogP contribution in [0.5, 0.6) is 5.75 Å². The lowest BCUT2D eigenvalue weighted by atomic mass is 9.92. The zero-order chi connectivity index (χ0) is 27.5. The van der Waals surface area contributed by atoms with Gasteiger partial charge in [-0.1, -0.05) is 43.3 Å². The highest BCUT2D eigenvalue weighted by atomic mass is 19.1. The topological polar surface area (TPSA) is 112 Å². The maximum atomic E-state index is 13.2. The van der Waals surface area contributed by atoms with Crippen molar-refractivity contribution in [1.82, 2.24) is 14.6 Å². The molecule has 0 bridgehead atoms. The van der Waals surface area contributed by atoms with E-state index in [0.29, 0.717) is 35.0 Å². The number of halogens is 1. The van der Waals surface area contributed by atoms with Crippen LogP contribution in [0.3, 0.4) is 0 Å². The fourth-order valence-electron chi connectivity index (χ4n) is 4.28. The molecule has 0 radical (unpaired) electrons. The Bertz CT molecular complexity index is 1660. The quantitative estimate of drug-likeness (QED) is 0.271. The van der Waals surface area contributed by atoms with Crippen LogP contribution in [-0.2, 0) is 11.2 Å². The average molecular weight is 524 g/mol. The number of hydrogen-bond acceptors (Lipinski definition) is 6. The minimum absolute atomic E-state index is 0.0688. The average Bonchev–Trinajstić information content (AvgIpc) is 3.35. The van der Waals surface area contributed by atoms with E-state index < -0.39 is 5.91 Å². The third-order valence-electron chi connectivity index (χ3n) is 6.58. The molecular weight excluding hydrogens is 497 g/mol. The molecule has 5 aromatic rings. The molecule has 3 aromatic carbocycles. The Morgan fingerprint density at radius 1 is 1.00 bits per heavy atom. The molecule has 9 heteroatoms. The van der Waals surface area contributed by atoms with Crippen molar-refractivity contribution >= 4 is 29.0 Å². The fraction of sp³-hybridized carbons (Fsp3) is 0.133. The molecule has 5 rings (SSSR count). The standard InChI is InChI=1S/C30H26FN5O3/c1-18(20-7-11-24(31)12-8-20)26(37)15-19-3-5-21(6-4-19)23-10-14-28-34-30(35-36(28)17-23)33-25-13-9-22(29(32)38)16-27(25)39-2/h3-14,16-18H,15H2,1-2H3,(H2,32,38)(H,33,35). The lowest BCUT2D eigenvalue weighted by Crippen LogP contribution is -2.12. The smallest absolute Gasteiger partial charge is 0.248 e. The van der Waals surface area contributed by atoms with E-state index in [4.69, 9.17) is 10.5 Å². The number of benzene rings is 3. The van der Waals surface area contributed by atoms with E-state index in [2.05, 4.69) is 15.4 Å². The number of ether oxygens (including phenoxy) is 1. The van der Waals surface area contributed by atoms with Crippen molar-refractivity contribution in [3.05, 3.63) is 108 Å². The van der Waals surface area contributed by atoms with Crippen LogP contribution < -0.4 is 15.8 Å². The van der Waals surface area contributed by atoms with Gasteiger partial charge in [-0.25, -0.2) is 8.91 Å². The second kappa shape index (κ2) is 10.7. The molecule has 0 saturated carbocycles. The van der Waals surface area contributed by atoms with Crippen molar-refractivity contribution in [3.8, 4) is 16.9 Å². The number of fused-ring (bicyclic) bond motifs is 1. The summed E-state index contributed by atoms with van der Waals surface area (Å²) in [6.45, 7) is 1.84. The SMILES string of the molecule is COc1cc(C(N)=O)ccc1Nc1nc2ccc(-c3ccc(CC(=O)C(C)c4ccc(F)cc4)cc3)cn2n1. The zero-order valence-electron chi connectivity index (χ0n) is 21.4. The molecule has 2 aromatic heterocycles. The Balaban J connectivity index is 1.30. The number of Topliss-reactive ketones (excluding diaryl/α,β-unsaturated/α-hetero) is 1. The highest BCUT2D eigenvalue weighted by Gasteiger charge is 2.16. The third kappa shape index (κ3) is 5.62. The van der Waals surface area contributed by atoms with Crippen LogP contribution in [0.4, 0.5) is 16.0 Å². The van der Waals surface area contributed by atoms with Gasteiger partial charge in [0.15, 0.2) is 5.65 Å². The second-order valence-electron chi connectivity index (χ2n) is 9.17. The van der Waals surface area contributed by atoms with E-state index in [9.17, 15) is 14.0 Å². The normalized spacial score (nSPS) is 11.8. The van der Waals surface area contributed by atoms with Crippen LogP contribution in [0.25, 0.3) is 16.8 Å². The molecule has 2 heterocycles. The summed E-state index contributed by atoms with van der Waals surface area (Å²) in [6, 6.07) is 22.5. The molecule has 0 saturated heterocycles. The summed E-state index contributed by atoms with van der Waals surface area (Å²) in [5.41, 5.74) is 10.5. The maximum Gasteiger partial charge on any atom is 0.248 e. The van der Waals surface area contributed by atoms with Gasteiger partial charge in [0, 0.05) is 29.7 Å². The summed E-state index contributed by atoms with van der Waals surface area (Å²) < 4.78 is 20.2. The Labute approximate surface area is 224 Å². The Morgan fingerprint density at radius 2 is 1.72 bits per heavy atom. The first kappa shape index (κ1) is 25.6. The fourth-order valence-corrected chi connectivity index (χ4v) is 4.28. The van der Waals surface area contributed by atoms with E-state index in [1.165, 1.54) is 19.2 Å². The van der Waals surface area contributed by atoms with Gasteiger partial charge < -0.3 is 15.8 Å². The Kier molecular flexibility index (Phi) is 7.05. The molecule has 8 nitrogen and oxygen atoms in total. The summed E-state index contributed by atoms with van der Waals surface area (Å²) >= 11 is 0. The van der Waals surface area contributed by atoms with E-state index in [0.717, 1.165) is 22.3 Å². The van der Waals surface area contributed by atoms with E-state index in [1.54, 1.807) is 34.8 Å². The van der Waals surface area contributed by atoms with E-state index in [1.807, 2.05) is 49.5 Å². The van der Waals surface area contributed by atoms with Gasteiger partial charge in [-0.3, -0.25) is 9.59 Å². The molecule has 1 amide bonds. The molecule has 1 unspecified atom stereocenters.